The first-order valence-electron chi connectivity index (χ1n) is 11.9. The summed E-state index contributed by atoms with van der Waals surface area (Å²) in [6.07, 6.45) is 4.60. The number of hydrogen-bond donors (Lipinski definition) is 2. The van der Waals surface area contributed by atoms with E-state index in [0.717, 1.165) is 61.0 Å². The van der Waals surface area contributed by atoms with E-state index >= 15 is 0 Å². The second kappa shape index (κ2) is 10.9. The number of nitrogens with zero attached hydrogens (tertiary/aromatic N) is 3. The smallest absolute Gasteiger partial charge is 0.335 e. The summed E-state index contributed by atoms with van der Waals surface area (Å²) in [4.78, 5) is 17.8. The Kier molecular flexibility index (Phi) is 7.67. The molecule has 37 heavy (non-hydrogen) atoms. The fourth-order valence-electron chi connectivity index (χ4n) is 4.61. The van der Waals surface area contributed by atoms with Crippen LogP contribution in [-0.4, -0.2) is 46.7 Å². The molecule has 1 saturated heterocycles. The third-order valence-electron chi connectivity index (χ3n) is 6.61. The highest BCUT2D eigenvalue weighted by molar-refractivity contribution is 7.22. The van der Waals surface area contributed by atoms with Gasteiger partial charge in [-0.1, -0.05) is 46.3 Å². The Morgan fingerprint density at radius 1 is 1.27 bits per heavy atom. The van der Waals surface area contributed by atoms with Gasteiger partial charge in [0.25, 0.3) is 0 Å². The molecule has 0 bridgehead atoms. The maximum Gasteiger partial charge on any atom is 0.335 e. The number of carboxylic acid groups (broad SMARTS) is 1. The minimum absolute atomic E-state index is 0.0688. The molecular formula is C26H25Cl2FN4O3S. The molecule has 0 spiro atoms. The van der Waals surface area contributed by atoms with E-state index in [0.29, 0.717) is 27.3 Å². The lowest BCUT2D eigenvalue weighted by atomic mass is 10.0. The molecule has 2 aliphatic rings. The zero-order valence-electron chi connectivity index (χ0n) is 20.0. The molecule has 194 valence electrons. The van der Waals surface area contributed by atoms with E-state index in [1.807, 2.05) is 24.3 Å². The first-order valence-corrected chi connectivity index (χ1v) is 13.9. The summed E-state index contributed by atoms with van der Waals surface area (Å²) in [5, 5.41) is 18.6. The highest BCUT2D eigenvalue weighted by Crippen LogP contribution is 2.44. The number of aromatic carboxylic acids is 1. The van der Waals surface area contributed by atoms with Gasteiger partial charge in [-0.3, -0.25) is 0 Å². The van der Waals surface area contributed by atoms with Crippen molar-refractivity contribution in [3.05, 3.63) is 64.1 Å². The van der Waals surface area contributed by atoms with Crippen molar-refractivity contribution < 1.29 is 18.8 Å². The van der Waals surface area contributed by atoms with Gasteiger partial charge in [-0.2, -0.15) is 0 Å². The summed E-state index contributed by atoms with van der Waals surface area (Å²) < 4.78 is 20.7. The molecule has 2 N–H and O–H groups in total. The molecule has 11 heteroatoms. The van der Waals surface area contributed by atoms with Gasteiger partial charge >= 0.3 is 5.97 Å². The van der Waals surface area contributed by atoms with E-state index < -0.39 is 11.8 Å². The van der Waals surface area contributed by atoms with Crippen LogP contribution in [0.3, 0.4) is 0 Å². The second-order valence-electron chi connectivity index (χ2n) is 9.05. The van der Waals surface area contributed by atoms with Crippen LogP contribution in [0.1, 0.15) is 46.9 Å². The maximum absolute atomic E-state index is 14.4. The minimum Gasteiger partial charge on any atom is -0.478 e. The molecule has 6 rings (SSSR count). The average molecular weight is 563 g/mol. The standard InChI is InChI=1S/C25H22ClFN4O3S.CH3Cl/c26-18-4-2-1-3-16(18)21-17(23(34-30-21)13-5-6-13)11-28-15-7-8-31(12-15)25-29-22-19(27)9-14(24(32)33)10-20(22)35-25;1-2/h1-4,9-10,13,15,28H,5-8,11-12H2,(H,32,33);1H3. The number of alkyl halides is 1. The number of thiazole rings is 1. The Morgan fingerprint density at radius 3 is 2.78 bits per heavy atom. The summed E-state index contributed by atoms with van der Waals surface area (Å²) in [6, 6.07) is 10.4. The number of halogens is 3. The van der Waals surface area contributed by atoms with Crippen molar-refractivity contribution in [3.63, 3.8) is 0 Å². The number of fused-ring (bicyclic) bond motifs is 1. The molecule has 7 nitrogen and oxygen atoms in total. The number of aromatic nitrogens is 2. The van der Waals surface area contributed by atoms with Crippen molar-refractivity contribution in [2.75, 3.05) is 24.4 Å². The van der Waals surface area contributed by atoms with E-state index in [1.165, 1.54) is 23.8 Å². The fraction of sp³-hybridized carbons (Fsp3) is 0.346. The lowest BCUT2D eigenvalue weighted by Crippen LogP contribution is -2.32. The maximum atomic E-state index is 14.4. The zero-order chi connectivity index (χ0) is 26.1. The fourth-order valence-corrected chi connectivity index (χ4v) is 5.89. The molecule has 2 fully saturated rings. The molecule has 0 amide bonds. The molecule has 1 aliphatic carbocycles. The lowest BCUT2D eigenvalue weighted by molar-refractivity contribution is 0.0696. The number of anilines is 1. The highest BCUT2D eigenvalue weighted by Gasteiger charge is 2.33. The van der Waals surface area contributed by atoms with Gasteiger partial charge in [0.15, 0.2) is 10.9 Å². The molecular weight excluding hydrogens is 538 g/mol. The molecule has 1 atom stereocenters. The molecule has 0 radical (unpaired) electrons. The summed E-state index contributed by atoms with van der Waals surface area (Å²) >= 11 is 12.4. The van der Waals surface area contributed by atoms with Crippen LogP contribution in [0.25, 0.3) is 21.5 Å². The van der Waals surface area contributed by atoms with E-state index in [2.05, 4.69) is 32.0 Å². The first-order chi connectivity index (χ1) is 18.0. The Labute approximate surface area is 227 Å². The van der Waals surface area contributed by atoms with Crippen molar-refractivity contribution in [3.8, 4) is 11.3 Å². The van der Waals surface area contributed by atoms with Gasteiger partial charge in [-0.05, 0) is 37.5 Å². The topological polar surface area (TPSA) is 91.5 Å². The van der Waals surface area contributed by atoms with Crippen molar-refractivity contribution in [1.82, 2.24) is 15.5 Å². The first kappa shape index (κ1) is 25.9. The second-order valence-corrected chi connectivity index (χ2v) is 10.5. The van der Waals surface area contributed by atoms with E-state index in [-0.39, 0.29) is 17.1 Å². The quantitative estimate of drug-likeness (QED) is 0.247. The normalized spacial score (nSPS) is 17.2. The van der Waals surface area contributed by atoms with Crippen LogP contribution in [0, 0.1) is 5.82 Å². The summed E-state index contributed by atoms with van der Waals surface area (Å²) in [5.41, 5.74) is 2.86. The van der Waals surface area contributed by atoms with Crippen LogP contribution in [0.2, 0.25) is 5.02 Å². The molecule has 1 aliphatic heterocycles. The average Bonchev–Trinajstić information content (AvgIpc) is 3.29. The summed E-state index contributed by atoms with van der Waals surface area (Å²) in [7, 11) is 0. The van der Waals surface area contributed by atoms with Gasteiger partial charge in [0.05, 0.1) is 15.3 Å². The number of carbonyl (C=O) groups is 1. The van der Waals surface area contributed by atoms with E-state index in [9.17, 15) is 14.3 Å². The number of benzene rings is 2. The molecule has 4 aromatic rings. The van der Waals surface area contributed by atoms with Gasteiger partial charge in [0.2, 0.25) is 0 Å². The molecule has 2 aromatic heterocycles. The minimum atomic E-state index is -1.15. The van der Waals surface area contributed by atoms with Crippen molar-refractivity contribution >= 4 is 55.9 Å². The van der Waals surface area contributed by atoms with Gasteiger partial charge in [-0.15, -0.1) is 11.6 Å². The number of carboxylic acids is 1. The third kappa shape index (κ3) is 5.31. The summed E-state index contributed by atoms with van der Waals surface area (Å²) in [5.74, 6) is -0.396. The van der Waals surface area contributed by atoms with E-state index in [1.54, 1.807) is 0 Å². The Hall–Kier alpha value is -2.72. The van der Waals surface area contributed by atoms with Crippen LogP contribution in [0.4, 0.5) is 9.52 Å². The molecule has 1 saturated carbocycles. The number of rotatable bonds is 7. The van der Waals surface area contributed by atoms with Gasteiger partial charge in [0, 0.05) is 49.1 Å². The summed E-state index contributed by atoms with van der Waals surface area (Å²) in [6.45, 7) is 2.12. The molecule has 2 aromatic carbocycles. The van der Waals surface area contributed by atoms with Gasteiger partial charge < -0.3 is 19.8 Å². The van der Waals surface area contributed by atoms with E-state index in [4.69, 9.17) is 16.1 Å². The lowest BCUT2D eigenvalue weighted by Gasteiger charge is -2.16. The monoisotopic (exact) mass is 562 g/mol. The number of nitrogens with one attached hydrogen (secondary N) is 1. The van der Waals surface area contributed by atoms with Crippen molar-refractivity contribution in [1.29, 1.82) is 0 Å². The van der Waals surface area contributed by atoms with Crippen molar-refractivity contribution in [2.24, 2.45) is 0 Å². The zero-order valence-corrected chi connectivity index (χ0v) is 22.3. The van der Waals surface area contributed by atoms with Crippen LogP contribution in [0.15, 0.2) is 40.9 Å². The van der Waals surface area contributed by atoms with Crippen LogP contribution in [0.5, 0.6) is 0 Å². The van der Waals surface area contributed by atoms with Crippen molar-refractivity contribution in [2.45, 2.75) is 37.8 Å². The van der Waals surface area contributed by atoms with Crippen LogP contribution in [-0.2, 0) is 6.54 Å². The predicted molar refractivity (Wildman–Crippen MR) is 145 cm³/mol. The molecule has 1 unspecified atom stereocenters. The number of hydrogen-bond acceptors (Lipinski definition) is 7. The predicted octanol–water partition coefficient (Wildman–Crippen LogP) is 6.54. The molecule has 3 heterocycles. The Bertz CT molecular complexity index is 1440. The van der Waals surface area contributed by atoms with Gasteiger partial charge in [0.1, 0.15) is 17.0 Å². The SMILES string of the molecule is CCl.O=C(O)c1cc(F)c2nc(N3CCC(NCc4c(-c5ccccc5Cl)noc4C4CC4)C3)sc2c1. The Balaban J connectivity index is 0.00000137. The Morgan fingerprint density at radius 2 is 2.05 bits per heavy atom. The van der Waals surface area contributed by atoms with Gasteiger partial charge in [-0.25, -0.2) is 14.2 Å². The van der Waals surface area contributed by atoms with Crippen LogP contribution >= 0.6 is 34.5 Å². The third-order valence-corrected chi connectivity index (χ3v) is 8.00. The highest BCUT2D eigenvalue weighted by atomic mass is 35.5. The largest absolute Gasteiger partial charge is 0.478 e. The van der Waals surface area contributed by atoms with Crippen LogP contribution < -0.4 is 10.2 Å².